The molecule has 0 aromatic heterocycles. The predicted molar refractivity (Wildman–Crippen MR) is 49.6 cm³/mol. The van der Waals surface area contributed by atoms with E-state index in [1.807, 2.05) is 0 Å². The maximum atomic E-state index is 12.1. The van der Waals surface area contributed by atoms with Gasteiger partial charge in [0.1, 0.15) is 0 Å². The molecule has 2 nitrogen and oxygen atoms in total. The Morgan fingerprint density at radius 2 is 1.53 bits per heavy atom. The van der Waals surface area contributed by atoms with Crippen molar-refractivity contribution < 1.29 is 31.1 Å². The van der Waals surface area contributed by atoms with Crippen LogP contribution in [0.3, 0.4) is 0 Å². The molecule has 0 aromatic carbocycles. The lowest BCUT2D eigenvalue weighted by Crippen LogP contribution is -2.45. The molecule has 8 heteroatoms. The first-order chi connectivity index (χ1) is 7.59. The third kappa shape index (κ3) is 6.72. The molecule has 0 radical (unpaired) electrons. The Bertz CT molecular complexity index is 201. The third-order valence-corrected chi connectivity index (χ3v) is 1.88. The average molecular weight is 267 g/mol. The van der Waals surface area contributed by atoms with Gasteiger partial charge in [0.05, 0.1) is 6.61 Å². The van der Waals surface area contributed by atoms with Gasteiger partial charge in [-0.25, -0.2) is 0 Å². The molecule has 0 aliphatic carbocycles. The fourth-order valence-electron chi connectivity index (χ4n) is 1.08. The lowest BCUT2D eigenvalue weighted by Gasteiger charge is -2.24. The molecule has 0 spiro atoms. The Hall–Kier alpha value is -0.500. The van der Waals surface area contributed by atoms with Gasteiger partial charge in [0.25, 0.3) is 0 Å². The first-order valence-corrected chi connectivity index (χ1v) is 5.04. The molecule has 0 bridgehead atoms. The van der Waals surface area contributed by atoms with E-state index < -0.39 is 31.0 Å². The molecule has 0 rings (SSSR count). The van der Waals surface area contributed by atoms with Crippen LogP contribution in [0.15, 0.2) is 0 Å². The largest absolute Gasteiger partial charge is 0.423 e. The van der Waals surface area contributed by atoms with Gasteiger partial charge >= 0.3 is 12.4 Å². The maximum absolute atomic E-state index is 12.1. The summed E-state index contributed by atoms with van der Waals surface area (Å²) in [6, 6.07) is 0. The van der Waals surface area contributed by atoms with Crippen molar-refractivity contribution in [2.24, 2.45) is 5.92 Å². The summed E-state index contributed by atoms with van der Waals surface area (Å²) >= 11 is 0. The van der Waals surface area contributed by atoms with Crippen LogP contribution >= 0.6 is 0 Å². The van der Waals surface area contributed by atoms with Crippen LogP contribution in [0.2, 0.25) is 0 Å². The molecule has 0 saturated heterocycles. The molecule has 1 N–H and O–H groups in total. The summed E-state index contributed by atoms with van der Waals surface area (Å²) in [5, 5.41) is 2.81. The number of ether oxygens (including phenoxy) is 1. The molecule has 0 aliphatic rings. The van der Waals surface area contributed by atoms with Crippen LogP contribution in [0.5, 0.6) is 0 Å². The van der Waals surface area contributed by atoms with E-state index in [2.05, 4.69) is 10.1 Å². The molecule has 17 heavy (non-hydrogen) atoms. The average Bonchev–Trinajstić information content (AvgIpc) is 2.10. The van der Waals surface area contributed by atoms with Crippen molar-refractivity contribution in [3.05, 3.63) is 0 Å². The number of hydrogen-bond acceptors (Lipinski definition) is 2. The van der Waals surface area contributed by atoms with E-state index in [0.29, 0.717) is 13.1 Å². The Morgan fingerprint density at radius 1 is 1.06 bits per heavy atom. The molecule has 0 aromatic rings. The number of alkyl halides is 6. The van der Waals surface area contributed by atoms with E-state index in [4.69, 9.17) is 0 Å². The molecule has 104 valence electrons. The minimum Gasteiger partial charge on any atom is -0.361 e. The van der Waals surface area contributed by atoms with E-state index in [9.17, 15) is 26.3 Å². The number of halogens is 6. The van der Waals surface area contributed by atoms with Crippen molar-refractivity contribution in [1.82, 2.24) is 5.32 Å². The molecule has 0 aliphatic heterocycles. The molecule has 0 saturated carbocycles. The second kappa shape index (κ2) is 6.44. The van der Waals surface area contributed by atoms with Crippen LogP contribution in [0.25, 0.3) is 0 Å². The standard InChI is InChI=1S/C9H15F6NO/c1-3-16-4-6(2)5-17-7(8(10,11)12)9(13,14)15/h6-7,16H,3-5H2,1-2H3. The Labute approximate surface area is 95.3 Å². The van der Waals surface area contributed by atoms with Crippen molar-refractivity contribution in [3.8, 4) is 0 Å². The molecular weight excluding hydrogens is 252 g/mol. The predicted octanol–water partition coefficient (Wildman–Crippen LogP) is 2.74. The lowest BCUT2D eigenvalue weighted by atomic mass is 10.2. The summed E-state index contributed by atoms with van der Waals surface area (Å²) in [7, 11) is 0. The van der Waals surface area contributed by atoms with E-state index in [0.717, 1.165) is 0 Å². The van der Waals surface area contributed by atoms with Crippen LogP contribution < -0.4 is 5.32 Å². The van der Waals surface area contributed by atoms with Crippen molar-refractivity contribution in [3.63, 3.8) is 0 Å². The summed E-state index contributed by atoms with van der Waals surface area (Å²) in [5.41, 5.74) is 0. The van der Waals surface area contributed by atoms with Gasteiger partial charge in [-0.3, -0.25) is 0 Å². The van der Waals surface area contributed by atoms with Crippen molar-refractivity contribution in [1.29, 1.82) is 0 Å². The van der Waals surface area contributed by atoms with Crippen molar-refractivity contribution in [2.75, 3.05) is 19.7 Å². The van der Waals surface area contributed by atoms with Gasteiger partial charge in [-0.15, -0.1) is 0 Å². The van der Waals surface area contributed by atoms with Crippen LogP contribution in [0.4, 0.5) is 26.3 Å². The van der Waals surface area contributed by atoms with Gasteiger partial charge in [-0.2, -0.15) is 26.3 Å². The van der Waals surface area contributed by atoms with E-state index in [-0.39, 0.29) is 0 Å². The number of nitrogens with one attached hydrogen (secondary N) is 1. The Kier molecular flexibility index (Phi) is 6.25. The van der Waals surface area contributed by atoms with Gasteiger partial charge in [0.2, 0.25) is 6.10 Å². The minimum absolute atomic E-state index is 0.304. The first kappa shape index (κ1) is 16.5. The highest BCUT2D eigenvalue weighted by molar-refractivity contribution is 4.76. The summed E-state index contributed by atoms with van der Waals surface area (Å²) in [5.74, 6) is -0.429. The molecule has 0 fully saturated rings. The smallest absolute Gasteiger partial charge is 0.361 e. The summed E-state index contributed by atoms with van der Waals surface area (Å²) < 4.78 is 76.3. The zero-order valence-corrected chi connectivity index (χ0v) is 9.45. The zero-order valence-electron chi connectivity index (χ0n) is 9.45. The fraction of sp³-hybridized carbons (Fsp3) is 1.00. The summed E-state index contributed by atoms with van der Waals surface area (Å²) in [6.45, 7) is 3.58. The quantitative estimate of drug-likeness (QED) is 0.747. The molecule has 0 amide bonds. The summed E-state index contributed by atoms with van der Waals surface area (Å²) in [6.07, 6.45) is -14.6. The van der Waals surface area contributed by atoms with Gasteiger partial charge in [0, 0.05) is 0 Å². The van der Waals surface area contributed by atoms with Gasteiger partial charge < -0.3 is 10.1 Å². The fourth-order valence-corrected chi connectivity index (χ4v) is 1.08. The molecule has 1 atom stereocenters. The van der Waals surface area contributed by atoms with E-state index in [1.54, 1.807) is 6.92 Å². The van der Waals surface area contributed by atoms with Crippen molar-refractivity contribution >= 4 is 0 Å². The number of hydrogen-bond donors (Lipinski definition) is 1. The number of rotatable bonds is 6. The molecular formula is C9H15F6NO. The van der Waals surface area contributed by atoms with Crippen LogP contribution in [-0.4, -0.2) is 38.2 Å². The zero-order chi connectivity index (χ0) is 13.7. The second-order valence-corrected chi connectivity index (χ2v) is 3.71. The SMILES string of the molecule is CCNCC(C)COC(C(F)(F)F)C(F)(F)F. The highest BCUT2D eigenvalue weighted by Gasteiger charge is 2.57. The minimum atomic E-state index is -5.43. The molecule has 1 unspecified atom stereocenters. The van der Waals surface area contributed by atoms with Crippen LogP contribution in [0.1, 0.15) is 13.8 Å². The highest BCUT2D eigenvalue weighted by atomic mass is 19.4. The second-order valence-electron chi connectivity index (χ2n) is 3.71. The maximum Gasteiger partial charge on any atom is 0.423 e. The molecule has 0 heterocycles. The van der Waals surface area contributed by atoms with Gasteiger partial charge in [-0.05, 0) is 19.0 Å². The van der Waals surface area contributed by atoms with Gasteiger partial charge in [-0.1, -0.05) is 13.8 Å². The monoisotopic (exact) mass is 267 g/mol. The van der Waals surface area contributed by atoms with Crippen molar-refractivity contribution in [2.45, 2.75) is 32.3 Å². The highest BCUT2D eigenvalue weighted by Crippen LogP contribution is 2.35. The Balaban J connectivity index is 4.29. The van der Waals surface area contributed by atoms with E-state index >= 15 is 0 Å². The topological polar surface area (TPSA) is 21.3 Å². The van der Waals surface area contributed by atoms with Crippen LogP contribution in [0, 0.1) is 5.92 Å². The first-order valence-electron chi connectivity index (χ1n) is 5.04. The summed E-state index contributed by atoms with van der Waals surface area (Å²) in [4.78, 5) is 0. The van der Waals surface area contributed by atoms with Crippen LogP contribution in [-0.2, 0) is 4.74 Å². The van der Waals surface area contributed by atoms with Gasteiger partial charge in [0.15, 0.2) is 0 Å². The third-order valence-electron chi connectivity index (χ3n) is 1.88. The Morgan fingerprint density at radius 3 is 1.88 bits per heavy atom. The van der Waals surface area contributed by atoms with E-state index in [1.165, 1.54) is 6.92 Å². The normalized spacial score (nSPS) is 15.4. The lowest BCUT2D eigenvalue weighted by molar-refractivity contribution is -0.323.